The van der Waals surface area contributed by atoms with E-state index in [0.29, 0.717) is 11.7 Å². The molecule has 2 heterocycles. The first-order chi connectivity index (χ1) is 7.27. The van der Waals surface area contributed by atoms with Gasteiger partial charge in [-0.05, 0) is 19.1 Å². The molecule has 5 heteroatoms. The molecule has 2 aromatic heterocycles. The van der Waals surface area contributed by atoms with Gasteiger partial charge in [-0.15, -0.1) is 0 Å². The molecule has 0 spiro atoms. The van der Waals surface area contributed by atoms with Crippen molar-refractivity contribution in [3.8, 4) is 0 Å². The number of anilines is 1. The fraction of sp³-hybridized carbons (Fsp3) is 0.200. The number of pyridine rings is 1. The molecule has 0 aliphatic carbocycles. The predicted octanol–water partition coefficient (Wildman–Crippen LogP) is 2.38. The van der Waals surface area contributed by atoms with Gasteiger partial charge in [-0.3, -0.25) is 5.10 Å². The third kappa shape index (κ3) is 2.27. The molecule has 0 atom stereocenters. The third-order valence-corrected chi connectivity index (χ3v) is 2.46. The second-order valence-corrected chi connectivity index (χ2v) is 3.57. The van der Waals surface area contributed by atoms with Crippen LogP contribution in [-0.4, -0.2) is 15.2 Å². The smallest absolute Gasteiger partial charge is 0.152 e. The second kappa shape index (κ2) is 4.31. The van der Waals surface area contributed by atoms with Crippen LogP contribution < -0.4 is 5.32 Å². The highest BCUT2D eigenvalue weighted by Gasteiger charge is 2.02. The quantitative estimate of drug-likeness (QED) is 0.784. The van der Waals surface area contributed by atoms with E-state index in [0.717, 1.165) is 16.9 Å². The van der Waals surface area contributed by atoms with Gasteiger partial charge >= 0.3 is 0 Å². The van der Waals surface area contributed by atoms with Crippen molar-refractivity contribution in [2.75, 3.05) is 5.32 Å². The average molecular weight is 223 g/mol. The Kier molecular flexibility index (Phi) is 2.87. The number of aromatic nitrogens is 3. The van der Waals surface area contributed by atoms with E-state index >= 15 is 0 Å². The Morgan fingerprint density at radius 1 is 1.53 bits per heavy atom. The van der Waals surface area contributed by atoms with Gasteiger partial charge in [-0.25, -0.2) is 4.98 Å². The Hall–Kier alpha value is -1.55. The Balaban J connectivity index is 2.06. The van der Waals surface area contributed by atoms with Gasteiger partial charge in [0.15, 0.2) is 5.15 Å². The third-order valence-electron chi connectivity index (χ3n) is 2.16. The van der Waals surface area contributed by atoms with Gasteiger partial charge in [0.2, 0.25) is 0 Å². The summed E-state index contributed by atoms with van der Waals surface area (Å²) in [4.78, 5) is 3.98. The summed E-state index contributed by atoms with van der Waals surface area (Å²) in [7, 11) is 0. The van der Waals surface area contributed by atoms with E-state index in [1.54, 1.807) is 12.4 Å². The van der Waals surface area contributed by atoms with Gasteiger partial charge in [0, 0.05) is 24.0 Å². The zero-order chi connectivity index (χ0) is 10.7. The molecule has 2 aromatic rings. The van der Waals surface area contributed by atoms with E-state index in [9.17, 15) is 0 Å². The van der Waals surface area contributed by atoms with Crippen molar-refractivity contribution in [1.82, 2.24) is 15.2 Å². The summed E-state index contributed by atoms with van der Waals surface area (Å²) in [5.74, 6) is 0. The van der Waals surface area contributed by atoms with Crippen molar-refractivity contribution in [2.45, 2.75) is 13.5 Å². The minimum Gasteiger partial charge on any atom is -0.378 e. The molecule has 0 amide bonds. The van der Waals surface area contributed by atoms with Crippen molar-refractivity contribution in [3.63, 3.8) is 0 Å². The van der Waals surface area contributed by atoms with Gasteiger partial charge in [0.05, 0.1) is 11.9 Å². The van der Waals surface area contributed by atoms with Crippen molar-refractivity contribution < 1.29 is 0 Å². The molecule has 78 valence electrons. The first-order valence-corrected chi connectivity index (χ1v) is 4.98. The van der Waals surface area contributed by atoms with Crippen LogP contribution in [0.4, 0.5) is 5.69 Å². The SMILES string of the molecule is Cc1[nH]ncc1CNc1cccnc1Cl. The van der Waals surface area contributed by atoms with Crippen LogP contribution >= 0.6 is 11.6 Å². The van der Waals surface area contributed by atoms with Crippen LogP contribution in [0.25, 0.3) is 0 Å². The number of aromatic amines is 1. The molecule has 0 aliphatic rings. The van der Waals surface area contributed by atoms with Crippen molar-refractivity contribution in [2.24, 2.45) is 0 Å². The Morgan fingerprint density at radius 3 is 3.07 bits per heavy atom. The molecule has 2 rings (SSSR count). The summed E-state index contributed by atoms with van der Waals surface area (Å²) < 4.78 is 0. The molecular formula is C10H11ClN4. The van der Waals surface area contributed by atoms with Crippen molar-refractivity contribution in [3.05, 3.63) is 40.9 Å². The lowest BCUT2D eigenvalue weighted by molar-refractivity contribution is 1.04. The number of halogens is 1. The zero-order valence-electron chi connectivity index (χ0n) is 8.29. The molecule has 0 bridgehead atoms. The van der Waals surface area contributed by atoms with E-state index in [2.05, 4.69) is 20.5 Å². The first-order valence-electron chi connectivity index (χ1n) is 4.60. The Bertz CT molecular complexity index is 452. The van der Waals surface area contributed by atoms with Gasteiger partial charge < -0.3 is 5.32 Å². The summed E-state index contributed by atoms with van der Waals surface area (Å²) in [5.41, 5.74) is 3.01. The predicted molar refractivity (Wildman–Crippen MR) is 59.9 cm³/mol. The molecule has 0 aliphatic heterocycles. The average Bonchev–Trinajstić information content (AvgIpc) is 2.63. The van der Waals surface area contributed by atoms with Crippen molar-refractivity contribution in [1.29, 1.82) is 0 Å². The van der Waals surface area contributed by atoms with Gasteiger partial charge in [0.1, 0.15) is 0 Å². The minimum absolute atomic E-state index is 0.485. The van der Waals surface area contributed by atoms with Crippen LogP contribution in [0, 0.1) is 6.92 Å². The van der Waals surface area contributed by atoms with Crippen LogP contribution in [-0.2, 0) is 6.54 Å². The van der Waals surface area contributed by atoms with Crippen LogP contribution in [0.1, 0.15) is 11.3 Å². The van der Waals surface area contributed by atoms with Crippen LogP contribution in [0.3, 0.4) is 0 Å². The topological polar surface area (TPSA) is 53.6 Å². The second-order valence-electron chi connectivity index (χ2n) is 3.22. The van der Waals surface area contributed by atoms with Gasteiger partial charge in [-0.1, -0.05) is 11.6 Å². The highest BCUT2D eigenvalue weighted by Crippen LogP contribution is 2.18. The van der Waals surface area contributed by atoms with E-state index in [1.807, 2.05) is 19.1 Å². The van der Waals surface area contributed by atoms with E-state index in [1.165, 1.54) is 0 Å². The molecule has 0 saturated carbocycles. The van der Waals surface area contributed by atoms with E-state index in [4.69, 9.17) is 11.6 Å². The molecule has 0 aromatic carbocycles. The molecule has 0 fully saturated rings. The number of nitrogens with zero attached hydrogens (tertiary/aromatic N) is 2. The highest BCUT2D eigenvalue weighted by atomic mass is 35.5. The molecule has 2 N–H and O–H groups in total. The van der Waals surface area contributed by atoms with Crippen LogP contribution in [0.2, 0.25) is 5.15 Å². The first kappa shape index (κ1) is 9.98. The van der Waals surface area contributed by atoms with Crippen LogP contribution in [0.5, 0.6) is 0 Å². The monoisotopic (exact) mass is 222 g/mol. The number of rotatable bonds is 3. The fourth-order valence-corrected chi connectivity index (χ4v) is 1.45. The van der Waals surface area contributed by atoms with Gasteiger partial charge in [-0.2, -0.15) is 5.10 Å². The Labute approximate surface area is 92.7 Å². The molecule has 0 unspecified atom stereocenters. The Morgan fingerprint density at radius 2 is 2.40 bits per heavy atom. The highest BCUT2D eigenvalue weighted by molar-refractivity contribution is 6.31. The van der Waals surface area contributed by atoms with Crippen molar-refractivity contribution >= 4 is 17.3 Å². The maximum atomic E-state index is 5.91. The molecule has 0 radical (unpaired) electrons. The summed E-state index contributed by atoms with van der Waals surface area (Å²) in [6.45, 7) is 2.67. The fourth-order valence-electron chi connectivity index (χ4n) is 1.26. The van der Waals surface area contributed by atoms with E-state index in [-0.39, 0.29) is 0 Å². The summed E-state index contributed by atoms with van der Waals surface area (Å²) in [6.07, 6.45) is 3.46. The van der Waals surface area contributed by atoms with Gasteiger partial charge in [0.25, 0.3) is 0 Å². The van der Waals surface area contributed by atoms with Crippen LogP contribution in [0.15, 0.2) is 24.5 Å². The molecular weight excluding hydrogens is 212 g/mol. The number of hydrogen-bond donors (Lipinski definition) is 2. The number of nitrogens with one attached hydrogen (secondary N) is 2. The normalized spacial score (nSPS) is 10.3. The summed E-state index contributed by atoms with van der Waals surface area (Å²) in [6, 6.07) is 3.74. The summed E-state index contributed by atoms with van der Waals surface area (Å²) >= 11 is 5.91. The maximum absolute atomic E-state index is 5.91. The number of H-pyrrole nitrogens is 1. The largest absolute Gasteiger partial charge is 0.378 e. The number of hydrogen-bond acceptors (Lipinski definition) is 3. The zero-order valence-corrected chi connectivity index (χ0v) is 9.04. The standard InChI is InChI=1S/C10H11ClN4/c1-7-8(6-14-15-7)5-13-9-3-2-4-12-10(9)11/h2-4,6,13H,5H2,1H3,(H,14,15). The minimum atomic E-state index is 0.485. The lowest BCUT2D eigenvalue weighted by atomic mass is 10.2. The lowest BCUT2D eigenvalue weighted by Crippen LogP contribution is -2.00. The van der Waals surface area contributed by atoms with E-state index < -0.39 is 0 Å². The molecule has 15 heavy (non-hydrogen) atoms. The molecule has 0 saturated heterocycles. The molecule has 4 nitrogen and oxygen atoms in total. The maximum Gasteiger partial charge on any atom is 0.152 e. The number of aryl methyl sites for hydroxylation is 1. The summed E-state index contributed by atoms with van der Waals surface area (Å²) in [5, 5.41) is 10.5. The lowest BCUT2D eigenvalue weighted by Gasteiger charge is -2.06.